The number of aryl methyl sites for hydroxylation is 1. The summed E-state index contributed by atoms with van der Waals surface area (Å²) in [6.07, 6.45) is 1.90. The molecule has 0 saturated heterocycles. The van der Waals surface area contributed by atoms with Crippen molar-refractivity contribution in [2.24, 2.45) is 0 Å². The Kier molecular flexibility index (Phi) is 5.22. The minimum Gasteiger partial charge on any atom is -0.323 e. The van der Waals surface area contributed by atoms with Gasteiger partial charge in [-0.05, 0) is 29.8 Å². The van der Waals surface area contributed by atoms with E-state index in [1.807, 2.05) is 6.92 Å². The highest BCUT2D eigenvalue weighted by Gasteiger charge is 2.14. The van der Waals surface area contributed by atoms with E-state index in [1.165, 1.54) is 6.07 Å². The van der Waals surface area contributed by atoms with Gasteiger partial charge in [-0.25, -0.2) is 8.42 Å². The van der Waals surface area contributed by atoms with Crippen LogP contribution in [0.2, 0.25) is 10.0 Å². The smallest absolute Gasteiger partial charge is 0.246 e. The maximum absolute atomic E-state index is 11.8. The van der Waals surface area contributed by atoms with Crippen molar-refractivity contribution in [1.29, 1.82) is 0 Å². The number of rotatable bonds is 5. The number of nitrogens with zero attached hydrogens (tertiary/aromatic N) is 2. The van der Waals surface area contributed by atoms with E-state index in [1.54, 1.807) is 30.3 Å². The van der Waals surface area contributed by atoms with Crippen LogP contribution in [0.4, 0.5) is 11.6 Å². The van der Waals surface area contributed by atoms with Crippen LogP contribution >= 0.6 is 23.2 Å². The molecule has 0 aliphatic heterocycles. The lowest BCUT2D eigenvalue weighted by atomic mass is 10.1. The summed E-state index contributed by atoms with van der Waals surface area (Å²) in [5.74, 6) is 1.18. The van der Waals surface area contributed by atoms with E-state index < -0.39 is 9.84 Å². The second-order valence-electron chi connectivity index (χ2n) is 5.70. The van der Waals surface area contributed by atoms with Gasteiger partial charge in [0.2, 0.25) is 5.95 Å². The summed E-state index contributed by atoms with van der Waals surface area (Å²) in [6.45, 7) is 1.97. The molecule has 1 aromatic heterocycles. The molecule has 3 aromatic rings. The molecule has 0 saturated carbocycles. The molecule has 26 heavy (non-hydrogen) atoms. The fourth-order valence-electron chi connectivity index (χ4n) is 2.44. The number of halogens is 2. The predicted molar refractivity (Wildman–Crippen MR) is 104 cm³/mol. The molecule has 2 aromatic carbocycles. The SMILES string of the molecule is CCc1nc(Nc2cc(Cl)c(-c3cccc(S(C)(=O)=O)c3)c(Cl)c2)n[nH]1. The molecule has 0 radical (unpaired) electrons. The van der Waals surface area contributed by atoms with Crippen molar-refractivity contribution in [2.75, 3.05) is 11.6 Å². The van der Waals surface area contributed by atoms with Crippen molar-refractivity contribution < 1.29 is 8.42 Å². The van der Waals surface area contributed by atoms with Crippen LogP contribution in [-0.2, 0) is 16.3 Å². The number of nitrogens with one attached hydrogen (secondary N) is 2. The Morgan fingerprint density at radius 3 is 2.42 bits per heavy atom. The molecule has 0 bridgehead atoms. The number of hydrogen-bond donors (Lipinski definition) is 2. The van der Waals surface area contributed by atoms with E-state index in [0.717, 1.165) is 18.5 Å². The van der Waals surface area contributed by atoms with Crippen LogP contribution in [0.5, 0.6) is 0 Å². The second kappa shape index (κ2) is 7.26. The average Bonchev–Trinajstić information content (AvgIpc) is 3.01. The highest BCUT2D eigenvalue weighted by molar-refractivity contribution is 7.90. The lowest BCUT2D eigenvalue weighted by Crippen LogP contribution is -1.97. The Morgan fingerprint density at radius 1 is 1.15 bits per heavy atom. The molecule has 0 fully saturated rings. The molecule has 0 aliphatic rings. The monoisotopic (exact) mass is 410 g/mol. The predicted octanol–water partition coefficient (Wildman–Crippen LogP) is 4.49. The molecule has 136 valence electrons. The molecule has 0 unspecified atom stereocenters. The lowest BCUT2D eigenvalue weighted by Gasteiger charge is -2.11. The van der Waals surface area contributed by atoms with E-state index in [9.17, 15) is 8.42 Å². The molecular formula is C17H16Cl2N4O2S. The van der Waals surface area contributed by atoms with Crippen LogP contribution in [-0.4, -0.2) is 29.9 Å². The maximum Gasteiger partial charge on any atom is 0.246 e. The standard InChI is InChI=1S/C17H16Cl2N4O2S/c1-3-15-21-17(23-22-15)20-11-8-13(18)16(14(19)9-11)10-5-4-6-12(7-10)26(2,24)25/h4-9H,3H2,1-2H3,(H2,20,21,22,23). The third-order valence-electron chi connectivity index (χ3n) is 3.72. The first kappa shape index (κ1) is 18.7. The quantitative estimate of drug-likeness (QED) is 0.646. The number of sulfone groups is 1. The summed E-state index contributed by atoms with van der Waals surface area (Å²) in [5.41, 5.74) is 1.82. The zero-order valence-corrected chi connectivity index (χ0v) is 16.4. The normalized spacial score (nSPS) is 11.5. The number of aromatic amines is 1. The first-order valence-electron chi connectivity index (χ1n) is 7.75. The maximum atomic E-state index is 11.8. The first-order chi connectivity index (χ1) is 12.3. The Labute approximate surface area is 161 Å². The van der Waals surface area contributed by atoms with E-state index in [0.29, 0.717) is 32.8 Å². The van der Waals surface area contributed by atoms with Gasteiger partial charge in [0.15, 0.2) is 9.84 Å². The molecule has 9 heteroatoms. The highest BCUT2D eigenvalue weighted by Crippen LogP contribution is 2.38. The van der Waals surface area contributed by atoms with Crippen LogP contribution in [0.3, 0.4) is 0 Å². The first-order valence-corrected chi connectivity index (χ1v) is 10.4. The molecule has 0 atom stereocenters. The van der Waals surface area contributed by atoms with Crippen molar-refractivity contribution in [3.05, 3.63) is 52.3 Å². The van der Waals surface area contributed by atoms with Crippen molar-refractivity contribution in [3.63, 3.8) is 0 Å². The van der Waals surface area contributed by atoms with Gasteiger partial charge in [0.05, 0.1) is 14.9 Å². The lowest BCUT2D eigenvalue weighted by molar-refractivity contribution is 0.602. The molecule has 3 rings (SSSR count). The van der Waals surface area contributed by atoms with Crippen LogP contribution in [0.1, 0.15) is 12.7 Å². The minimum absolute atomic E-state index is 0.206. The summed E-state index contributed by atoms with van der Waals surface area (Å²) in [5, 5.41) is 10.7. The van der Waals surface area contributed by atoms with Crippen LogP contribution in [0.15, 0.2) is 41.3 Å². The minimum atomic E-state index is -3.33. The summed E-state index contributed by atoms with van der Waals surface area (Å²) in [6, 6.07) is 9.89. The van der Waals surface area contributed by atoms with Crippen molar-refractivity contribution in [2.45, 2.75) is 18.2 Å². The van der Waals surface area contributed by atoms with Crippen molar-refractivity contribution in [3.8, 4) is 11.1 Å². The van der Waals surface area contributed by atoms with Crippen LogP contribution in [0, 0.1) is 0 Å². The average molecular weight is 411 g/mol. The molecule has 2 N–H and O–H groups in total. The van der Waals surface area contributed by atoms with E-state index in [4.69, 9.17) is 23.2 Å². The molecule has 0 aliphatic carbocycles. The molecule has 6 nitrogen and oxygen atoms in total. The van der Waals surface area contributed by atoms with Gasteiger partial charge in [0, 0.05) is 23.9 Å². The van der Waals surface area contributed by atoms with Crippen LogP contribution in [0.25, 0.3) is 11.1 Å². The fraction of sp³-hybridized carbons (Fsp3) is 0.176. The summed E-state index contributed by atoms with van der Waals surface area (Å²) in [7, 11) is -3.33. The van der Waals surface area contributed by atoms with Gasteiger partial charge in [-0.2, -0.15) is 4.98 Å². The van der Waals surface area contributed by atoms with Gasteiger partial charge in [-0.3, -0.25) is 5.10 Å². The van der Waals surface area contributed by atoms with E-state index >= 15 is 0 Å². The van der Waals surface area contributed by atoms with Crippen molar-refractivity contribution in [1.82, 2.24) is 15.2 Å². The number of anilines is 2. The Hall–Kier alpha value is -2.09. The van der Waals surface area contributed by atoms with Gasteiger partial charge < -0.3 is 5.32 Å². The summed E-state index contributed by atoms with van der Waals surface area (Å²) in [4.78, 5) is 4.48. The Bertz CT molecular complexity index is 1040. The van der Waals surface area contributed by atoms with Gasteiger partial charge in [0.25, 0.3) is 0 Å². The van der Waals surface area contributed by atoms with Crippen molar-refractivity contribution >= 4 is 44.7 Å². The van der Waals surface area contributed by atoms with Gasteiger partial charge >= 0.3 is 0 Å². The molecule has 1 heterocycles. The number of H-pyrrole nitrogens is 1. The number of hydrogen-bond acceptors (Lipinski definition) is 5. The van der Waals surface area contributed by atoms with E-state index in [-0.39, 0.29) is 4.90 Å². The second-order valence-corrected chi connectivity index (χ2v) is 8.53. The topological polar surface area (TPSA) is 87.7 Å². The molecular weight excluding hydrogens is 395 g/mol. The molecule has 0 amide bonds. The van der Waals surface area contributed by atoms with E-state index in [2.05, 4.69) is 20.5 Å². The Balaban J connectivity index is 1.97. The molecule has 0 spiro atoms. The number of benzene rings is 2. The summed E-state index contributed by atoms with van der Waals surface area (Å²) < 4.78 is 23.6. The van der Waals surface area contributed by atoms with Crippen LogP contribution < -0.4 is 5.32 Å². The third kappa shape index (κ3) is 4.00. The Morgan fingerprint density at radius 2 is 1.85 bits per heavy atom. The highest BCUT2D eigenvalue weighted by atomic mass is 35.5. The van der Waals surface area contributed by atoms with Gasteiger partial charge in [-0.15, -0.1) is 5.10 Å². The van der Waals surface area contributed by atoms with Gasteiger partial charge in [0.1, 0.15) is 5.82 Å². The fourth-order valence-corrected chi connectivity index (χ4v) is 3.81. The van der Waals surface area contributed by atoms with Gasteiger partial charge in [-0.1, -0.05) is 42.3 Å². The third-order valence-corrected chi connectivity index (χ3v) is 5.42. The largest absolute Gasteiger partial charge is 0.323 e. The summed E-state index contributed by atoms with van der Waals surface area (Å²) >= 11 is 12.8. The zero-order chi connectivity index (χ0) is 18.9. The number of aromatic nitrogens is 3. The zero-order valence-electron chi connectivity index (χ0n) is 14.0.